The van der Waals surface area contributed by atoms with Gasteiger partial charge in [-0.2, -0.15) is 0 Å². The number of hydrogen-bond acceptors (Lipinski definition) is 6. The Morgan fingerprint density at radius 1 is 1.00 bits per heavy atom. The van der Waals surface area contributed by atoms with Gasteiger partial charge in [-0.25, -0.2) is 0 Å². The van der Waals surface area contributed by atoms with Crippen LogP contribution in [0.5, 0.6) is 5.75 Å². The van der Waals surface area contributed by atoms with E-state index in [1.54, 1.807) is 18.1 Å². The van der Waals surface area contributed by atoms with E-state index < -0.39 is 5.92 Å². The van der Waals surface area contributed by atoms with E-state index in [0.717, 1.165) is 35.9 Å². The Morgan fingerprint density at radius 3 is 2.51 bits per heavy atom. The number of hydrogen-bond donors (Lipinski definition) is 1. The summed E-state index contributed by atoms with van der Waals surface area (Å²) in [5.41, 5.74) is 3.14. The van der Waals surface area contributed by atoms with Gasteiger partial charge >= 0.3 is 0 Å². The molecular weight excluding hydrogens is 442 g/mol. The van der Waals surface area contributed by atoms with Crippen LogP contribution in [0.4, 0.5) is 17.2 Å². The number of carbonyl (C=O) groups excluding carboxylic acids is 2. The Morgan fingerprint density at radius 2 is 1.80 bits per heavy atom. The molecule has 0 saturated carbocycles. The molecule has 35 heavy (non-hydrogen) atoms. The number of ether oxygens (including phenoxy) is 1. The van der Waals surface area contributed by atoms with E-state index in [9.17, 15) is 9.59 Å². The summed E-state index contributed by atoms with van der Waals surface area (Å²) in [6.45, 7) is 2.41. The number of methoxy groups -OCH3 is 1. The van der Waals surface area contributed by atoms with Crippen molar-refractivity contribution in [3.63, 3.8) is 0 Å². The van der Waals surface area contributed by atoms with Gasteiger partial charge in [-0.05, 0) is 55.7 Å². The van der Waals surface area contributed by atoms with Gasteiger partial charge in [0.1, 0.15) is 5.75 Å². The Balaban J connectivity index is 1.20. The standard InChI is InChI=1S/C27H29N5O3/c1-35-23-7-5-6-22(17-23)32-18-20(16-26(32)33)27(34)28-21-10-8-19(9-11-21)24-12-13-25(30-29-24)31-14-3-2-4-15-31/h5-13,17,20H,2-4,14-16,18H2,1H3,(H,28,34). The maximum absolute atomic E-state index is 12.9. The summed E-state index contributed by atoms with van der Waals surface area (Å²) in [5, 5.41) is 11.8. The minimum Gasteiger partial charge on any atom is -0.497 e. The Bertz CT molecular complexity index is 1190. The van der Waals surface area contributed by atoms with E-state index >= 15 is 0 Å². The second kappa shape index (κ2) is 10.1. The van der Waals surface area contributed by atoms with Gasteiger partial charge in [0.05, 0.1) is 18.7 Å². The number of carbonyl (C=O) groups is 2. The van der Waals surface area contributed by atoms with Crippen molar-refractivity contribution in [2.75, 3.05) is 41.9 Å². The Hall–Kier alpha value is -3.94. The number of rotatable bonds is 6. The number of nitrogens with zero attached hydrogens (tertiary/aromatic N) is 4. The Labute approximate surface area is 204 Å². The van der Waals surface area contributed by atoms with Crippen LogP contribution in [-0.4, -0.2) is 48.8 Å². The van der Waals surface area contributed by atoms with Crippen molar-refractivity contribution in [3.8, 4) is 17.0 Å². The van der Waals surface area contributed by atoms with Gasteiger partial charge in [0.25, 0.3) is 0 Å². The molecule has 8 heteroatoms. The van der Waals surface area contributed by atoms with Gasteiger partial charge in [-0.3, -0.25) is 9.59 Å². The molecule has 5 rings (SSSR count). The summed E-state index contributed by atoms with van der Waals surface area (Å²) in [4.78, 5) is 29.3. The fourth-order valence-corrected chi connectivity index (χ4v) is 4.65. The zero-order valence-corrected chi connectivity index (χ0v) is 19.8. The van der Waals surface area contributed by atoms with E-state index in [2.05, 4.69) is 20.4 Å². The Kier molecular flexibility index (Phi) is 6.61. The van der Waals surface area contributed by atoms with Crippen LogP contribution in [0.2, 0.25) is 0 Å². The summed E-state index contributed by atoms with van der Waals surface area (Å²) in [6, 6.07) is 18.9. The number of nitrogens with one attached hydrogen (secondary N) is 1. The highest BCUT2D eigenvalue weighted by Crippen LogP contribution is 2.29. The zero-order chi connectivity index (χ0) is 24.2. The molecule has 2 saturated heterocycles. The lowest BCUT2D eigenvalue weighted by Crippen LogP contribution is -2.30. The van der Waals surface area contributed by atoms with Crippen LogP contribution in [0.3, 0.4) is 0 Å². The predicted octanol–water partition coefficient (Wildman–Crippen LogP) is 4.13. The topological polar surface area (TPSA) is 87.7 Å². The van der Waals surface area contributed by atoms with Crippen LogP contribution >= 0.6 is 0 Å². The van der Waals surface area contributed by atoms with Gasteiger partial charge in [0.2, 0.25) is 11.8 Å². The first-order valence-electron chi connectivity index (χ1n) is 12.0. The van der Waals surface area contributed by atoms with Crippen LogP contribution in [0.15, 0.2) is 60.7 Å². The van der Waals surface area contributed by atoms with Crippen molar-refractivity contribution >= 4 is 29.0 Å². The smallest absolute Gasteiger partial charge is 0.229 e. The lowest BCUT2D eigenvalue weighted by Gasteiger charge is -2.27. The number of piperidine rings is 1. The van der Waals surface area contributed by atoms with Crippen molar-refractivity contribution in [2.45, 2.75) is 25.7 Å². The van der Waals surface area contributed by atoms with Gasteiger partial charge in [0.15, 0.2) is 5.82 Å². The molecule has 180 valence electrons. The molecule has 2 aromatic carbocycles. The molecule has 0 spiro atoms. The third kappa shape index (κ3) is 5.11. The fraction of sp³-hybridized carbons (Fsp3) is 0.333. The maximum atomic E-state index is 12.9. The summed E-state index contributed by atoms with van der Waals surface area (Å²) in [6.07, 6.45) is 3.86. The molecule has 1 aromatic heterocycles. The molecule has 3 aromatic rings. The molecule has 2 amide bonds. The highest BCUT2D eigenvalue weighted by Gasteiger charge is 2.35. The third-order valence-corrected chi connectivity index (χ3v) is 6.64. The molecule has 1 N–H and O–H groups in total. The van der Waals surface area contributed by atoms with Crippen molar-refractivity contribution in [1.82, 2.24) is 10.2 Å². The summed E-state index contributed by atoms with van der Waals surface area (Å²) >= 11 is 0. The first-order chi connectivity index (χ1) is 17.1. The highest BCUT2D eigenvalue weighted by atomic mass is 16.5. The molecule has 2 aliphatic heterocycles. The van der Waals surface area contributed by atoms with Crippen LogP contribution < -0.4 is 19.9 Å². The summed E-state index contributed by atoms with van der Waals surface area (Å²) in [5.74, 6) is 0.949. The monoisotopic (exact) mass is 471 g/mol. The second-order valence-electron chi connectivity index (χ2n) is 9.00. The molecule has 2 aliphatic rings. The van der Waals surface area contributed by atoms with Gasteiger partial charge < -0.3 is 19.9 Å². The molecule has 1 unspecified atom stereocenters. The van der Waals surface area contributed by atoms with E-state index in [1.165, 1.54) is 19.3 Å². The average molecular weight is 472 g/mol. The van der Waals surface area contributed by atoms with Crippen molar-refractivity contribution < 1.29 is 14.3 Å². The van der Waals surface area contributed by atoms with Gasteiger partial charge in [0, 0.05) is 49.1 Å². The van der Waals surface area contributed by atoms with Crippen LogP contribution in [0.25, 0.3) is 11.3 Å². The molecule has 1 atom stereocenters. The number of benzene rings is 2. The predicted molar refractivity (Wildman–Crippen MR) is 136 cm³/mol. The maximum Gasteiger partial charge on any atom is 0.229 e. The van der Waals surface area contributed by atoms with Gasteiger partial charge in [-0.1, -0.05) is 18.2 Å². The van der Waals surface area contributed by atoms with Crippen LogP contribution in [0.1, 0.15) is 25.7 Å². The second-order valence-corrected chi connectivity index (χ2v) is 9.00. The van der Waals surface area contributed by atoms with E-state index in [0.29, 0.717) is 18.0 Å². The first-order valence-corrected chi connectivity index (χ1v) is 12.0. The molecule has 2 fully saturated rings. The van der Waals surface area contributed by atoms with Crippen LogP contribution in [-0.2, 0) is 9.59 Å². The zero-order valence-electron chi connectivity index (χ0n) is 19.8. The van der Waals surface area contributed by atoms with Crippen LogP contribution in [0, 0.1) is 5.92 Å². The van der Waals surface area contributed by atoms with E-state index in [4.69, 9.17) is 4.74 Å². The molecular formula is C27H29N5O3. The normalized spacial score (nSPS) is 18.0. The largest absolute Gasteiger partial charge is 0.497 e. The molecule has 3 heterocycles. The molecule has 8 nitrogen and oxygen atoms in total. The third-order valence-electron chi connectivity index (χ3n) is 6.64. The lowest BCUT2D eigenvalue weighted by atomic mass is 10.1. The quantitative estimate of drug-likeness (QED) is 0.582. The lowest BCUT2D eigenvalue weighted by molar-refractivity contribution is -0.122. The first kappa shape index (κ1) is 22.8. The SMILES string of the molecule is COc1cccc(N2CC(C(=O)Nc3ccc(-c4ccc(N5CCCCC5)nn4)cc3)CC2=O)c1. The molecule has 0 bridgehead atoms. The number of anilines is 3. The summed E-state index contributed by atoms with van der Waals surface area (Å²) < 4.78 is 5.25. The van der Waals surface area contributed by atoms with Gasteiger partial charge in [-0.15, -0.1) is 10.2 Å². The molecule has 0 aliphatic carbocycles. The average Bonchev–Trinajstić information content (AvgIpc) is 3.31. The highest BCUT2D eigenvalue weighted by molar-refractivity contribution is 6.03. The minimum absolute atomic E-state index is 0.0691. The minimum atomic E-state index is -0.415. The number of amides is 2. The fourth-order valence-electron chi connectivity index (χ4n) is 4.65. The van der Waals surface area contributed by atoms with Crippen molar-refractivity contribution in [1.29, 1.82) is 0 Å². The van der Waals surface area contributed by atoms with Crippen molar-refractivity contribution in [2.24, 2.45) is 5.92 Å². The number of aromatic nitrogens is 2. The summed E-state index contributed by atoms with van der Waals surface area (Å²) in [7, 11) is 1.59. The molecule has 0 radical (unpaired) electrons. The van der Waals surface area contributed by atoms with E-state index in [1.807, 2.05) is 54.6 Å². The van der Waals surface area contributed by atoms with E-state index in [-0.39, 0.29) is 18.2 Å². The van der Waals surface area contributed by atoms with Crippen molar-refractivity contribution in [3.05, 3.63) is 60.7 Å².